The van der Waals surface area contributed by atoms with Gasteiger partial charge in [-0.05, 0) is 27.7 Å². The van der Waals surface area contributed by atoms with Gasteiger partial charge in [0.05, 0.1) is 32.8 Å². The lowest BCUT2D eigenvalue weighted by Crippen LogP contribution is -2.49. The highest BCUT2D eigenvalue weighted by Crippen LogP contribution is 2.43. The molecule has 0 amide bonds. The first-order valence-corrected chi connectivity index (χ1v) is 9.51. The first-order chi connectivity index (χ1) is 10.7. The maximum Gasteiger partial charge on any atom is 0.472 e. The number of phosphoric ester groups is 1. The summed E-state index contributed by atoms with van der Waals surface area (Å²) in [5, 5.41) is 0. The van der Waals surface area contributed by atoms with E-state index < -0.39 is 13.8 Å². The second-order valence-corrected chi connectivity index (χ2v) is 6.87. The van der Waals surface area contributed by atoms with E-state index >= 15 is 0 Å². The summed E-state index contributed by atoms with van der Waals surface area (Å²) in [5.74, 6) is -0.485. The smallest absolute Gasteiger partial charge is 0.462 e. The van der Waals surface area contributed by atoms with Gasteiger partial charge in [0.2, 0.25) is 0 Å². The van der Waals surface area contributed by atoms with Gasteiger partial charge in [-0.3, -0.25) is 9.05 Å². The third-order valence-corrected chi connectivity index (χ3v) is 4.97. The van der Waals surface area contributed by atoms with Crippen molar-refractivity contribution in [2.45, 2.75) is 34.1 Å². The van der Waals surface area contributed by atoms with Gasteiger partial charge in [0.15, 0.2) is 0 Å². The summed E-state index contributed by atoms with van der Waals surface area (Å²) in [6.45, 7) is 15.0. The van der Waals surface area contributed by atoms with Crippen LogP contribution in [0.3, 0.4) is 0 Å². The van der Waals surface area contributed by atoms with Crippen LogP contribution in [-0.4, -0.2) is 61.3 Å². The Morgan fingerprint density at radius 2 is 1.61 bits per heavy atom. The highest BCUT2D eigenvalue weighted by atomic mass is 31.2. The molecule has 0 bridgehead atoms. The lowest BCUT2D eigenvalue weighted by Gasteiger charge is -2.35. The summed E-state index contributed by atoms with van der Waals surface area (Å²) < 4.78 is 27.3. The summed E-state index contributed by atoms with van der Waals surface area (Å²) in [6.07, 6.45) is 0.311. The number of rotatable bonds is 13. The van der Waals surface area contributed by atoms with E-state index in [9.17, 15) is 14.3 Å². The fraction of sp³-hybridized carbons (Fsp3) is 0.800. The minimum atomic E-state index is -4.06. The molecule has 0 heterocycles. The molecule has 0 aliphatic heterocycles. The standard InChI is InChI=1S/C15H30NO6P/c1-6-16(7-2,8-3)10-13-22-23(18,19)21-12-9-11-20-15(17)14(4)5/h4,6-13H2,1-3,5H3/p+1. The van der Waals surface area contributed by atoms with Gasteiger partial charge < -0.3 is 14.1 Å². The Morgan fingerprint density at radius 3 is 2.09 bits per heavy atom. The van der Waals surface area contributed by atoms with Gasteiger partial charge >= 0.3 is 13.8 Å². The van der Waals surface area contributed by atoms with Crippen molar-refractivity contribution in [1.29, 1.82) is 0 Å². The number of nitrogens with zero attached hydrogens (tertiary/aromatic N) is 1. The zero-order chi connectivity index (χ0) is 17.9. The van der Waals surface area contributed by atoms with Crippen LogP contribution in [0.2, 0.25) is 0 Å². The van der Waals surface area contributed by atoms with Crippen molar-refractivity contribution in [3.05, 3.63) is 12.2 Å². The van der Waals surface area contributed by atoms with E-state index in [2.05, 4.69) is 27.4 Å². The van der Waals surface area contributed by atoms with Crippen LogP contribution < -0.4 is 0 Å². The molecular formula is C15H31NO6P+. The Labute approximate surface area is 139 Å². The maximum atomic E-state index is 11.8. The number of carbonyl (C=O) groups excluding carboxylic acids is 1. The van der Waals surface area contributed by atoms with E-state index in [4.69, 9.17) is 13.8 Å². The van der Waals surface area contributed by atoms with Crippen LogP contribution in [0.5, 0.6) is 0 Å². The summed E-state index contributed by atoms with van der Waals surface area (Å²) >= 11 is 0. The quantitative estimate of drug-likeness (QED) is 0.180. The SMILES string of the molecule is C=C(C)C(=O)OCCCOP(=O)(O)OCC[N+](CC)(CC)CC. The molecule has 23 heavy (non-hydrogen) atoms. The van der Waals surface area contributed by atoms with Gasteiger partial charge in [-0.2, -0.15) is 0 Å². The van der Waals surface area contributed by atoms with Crippen molar-refractivity contribution in [3.63, 3.8) is 0 Å². The Hall–Kier alpha value is -0.720. The van der Waals surface area contributed by atoms with Crippen LogP contribution >= 0.6 is 7.82 Å². The number of likely N-dealkylation sites (N-methyl/N-ethyl adjacent to an activating group) is 1. The molecular weight excluding hydrogens is 321 g/mol. The number of quaternary nitrogens is 1. The van der Waals surface area contributed by atoms with Gasteiger partial charge in [0, 0.05) is 12.0 Å². The molecule has 0 aliphatic carbocycles. The molecule has 0 fully saturated rings. The molecule has 8 heteroatoms. The van der Waals surface area contributed by atoms with Gasteiger partial charge in [0.1, 0.15) is 13.2 Å². The minimum absolute atomic E-state index is 0.0212. The number of phosphoric acid groups is 1. The number of ether oxygens (including phenoxy) is 1. The lowest BCUT2D eigenvalue weighted by molar-refractivity contribution is -0.923. The largest absolute Gasteiger partial charge is 0.472 e. The van der Waals surface area contributed by atoms with Crippen molar-refractivity contribution >= 4 is 13.8 Å². The molecule has 7 nitrogen and oxygen atoms in total. The maximum absolute atomic E-state index is 11.8. The molecule has 0 rings (SSSR count). The van der Waals surface area contributed by atoms with E-state index in [-0.39, 0.29) is 19.8 Å². The summed E-state index contributed by atoms with van der Waals surface area (Å²) in [7, 11) is -4.06. The van der Waals surface area contributed by atoms with Crippen LogP contribution in [0.15, 0.2) is 12.2 Å². The zero-order valence-electron chi connectivity index (χ0n) is 14.7. The van der Waals surface area contributed by atoms with Gasteiger partial charge in [-0.15, -0.1) is 0 Å². The topological polar surface area (TPSA) is 82.1 Å². The van der Waals surface area contributed by atoms with E-state index in [1.807, 2.05) is 0 Å². The highest BCUT2D eigenvalue weighted by molar-refractivity contribution is 7.47. The highest BCUT2D eigenvalue weighted by Gasteiger charge is 2.25. The molecule has 0 radical (unpaired) electrons. The third kappa shape index (κ3) is 9.23. The molecule has 0 saturated carbocycles. The second kappa shape index (κ2) is 10.9. The molecule has 1 N–H and O–H groups in total. The van der Waals surface area contributed by atoms with Crippen LogP contribution in [0.4, 0.5) is 0 Å². The summed E-state index contributed by atoms with van der Waals surface area (Å²) in [4.78, 5) is 20.7. The monoisotopic (exact) mass is 352 g/mol. The molecule has 0 saturated heterocycles. The fourth-order valence-corrected chi connectivity index (χ4v) is 2.81. The fourth-order valence-electron chi connectivity index (χ4n) is 2.06. The first-order valence-electron chi connectivity index (χ1n) is 8.01. The number of carbonyl (C=O) groups is 1. The minimum Gasteiger partial charge on any atom is -0.462 e. The number of esters is 1. The number of hydrogen-bond donors (Lipinski definition) is 1. The Bertz CT molecular complexity index is 414. The van der Waals surface area contributed by atoms with Crippen LogP contribution in [0.1, 0.15) is 34.1 Å². The van der Waals surface area contributed by atoms with Gasteiger partial charge in [-0.25, -0.2) is 9.36 Å². The van der Waals surface area contributed by atoms with Crippen molar-refractivity contribution in [2.24, 2.45) is 0 Å². The van der Waals surface area contributed by atoms with Crippen LogP contribution in [0, 0.1) is 0 Å². The van der Waals surface area contributed by atoms with Crippen molar-refractivity contribution in [1.82, 2.24) is 0 Å². The molecule has 0 aromatic carbocycles. The average Bonchev–Trinajstić information content (AvgIpc) is 2.51. The number of hydrogen-bond acceptors (Lipinski definition) is 5. The van der Waals surface area contributed by atoms with E-state index in [0.717, 1.165) is 24.1 Å². The molecule has 1 unspecified atom stereocenters. The predicted molar refractivity (Wildman–Crippen MR) is 88.9 cm³/mol. The van der Waals surface area contributed by atoms with E-state index in [0.29, 0.717) is 18.5 Å². The molecule has 0 aromatic rings. The summed E-state index contributed by atoms with van der Waals surface area (Å²) in [5.41, 5.74) is 0.312. The predicted octanol–water partition coefficient (Wildman–Crippen LogP) is 2.51. The van der Waals surface area contributed by atoms with Crippen molar-refractivity contribution < 1.29 is 32.5 Å². The normalized spacial score (nSPS) is 14.3. The summed E-state index contributed by atoms with van der Waals surface area (Å²) in [6, 6.07) is 0. The Kier molecular flexibility index (Phi) is 10.6. The third-order valence-electron chi connectivity index (χ3n) is 3.96. The van der Waals surface area contributed by atoms with Crippen molar-refractivity contribution in [3.8, 4) is 0 Å². The molecule has 0 spiro atoms. The zero-order valence-corrected chi connectivity index (χ0v) is 15.6. The average molecular weight is 352 g/mol. The Morgan fingerprint density at radius 1 is 1.09 bits per heavy atom. The van der Waals surface area contributed by atoms with Crippen LogP contribution in [0.25, 0.3) is 0 Å². The first kappa shape index (κ1) is 22.3. The van der Waals surface area contributed by atoms with Gasteiger partial charge in [0.25, 0.3) is 0 Å². The second-order valence-electron chi connectivity index (χ2n) is 5.42. The molecule has 136 valence electrons. The molecule has 1 atom stereocenters. The lowest BCUT2D eigenvalue weighted by atomic mass is 10.3. The molecule has 0 aliphatic rings. The van der Waals surface area contributed by atoms with Gasteiger partial charge in [-0.1, -0.05) is 6.58 Å². The van der Waals surface area contributed by atoms with Crippen LogP contribution in [-0.2, 0) is 23.1 Å². The van der Waals surface area contributed by atoms with E-state index in [1.165, 1.54) is 0 Å². The van der Waals surface area contributed by atoms with Crippen molar-refractivity contribution in [2.75, 3.05) is 46.0 Å². The Balaban J connectivity index is 3.99. The molecule has 0 aromatic heterocycles. The van der Waals surface area contributed by atoms with E-state index in [1.54, 1.807) is 6.92 Å².